The number of hydrogen-bond acceptors (Lipinski definition) is 2. The number of pyridine rings is 1. The van der Waals surface area contributed by atoms with E-state index in [4.69, 9.17) is 4.98 Å². The van der Waals surface area contributed by atoms with E-state index in [1.807, 2.05) is 66.7 Å². The topological polar surface area (TPSA) is 42.0 Å². The zero-order chi connectivity index (χ0) is 21.4. The molecule has 3 heteroatoms. The monoisotopic (exact) mass is 402 g/mol. The molecule has 0 spiro atoms. The summed E-state index contributed by atoms with van der Waals surface area (Å²) in [6, 6.07) is 30.1. The molecule has 1 heterocycles. The Bertz CT molecular complexity index is 1450. The Morgan fingerprint density at radius 1 is 0.774 bits per heavy atom. The van der Waals surface area contributed by atoms with Crippen LogP contribution in [0.3, 0.4) is 0 Å². The summed E-state index contributed by atoms with van der Waals surface area (Å²) >= 11 is 0. The minimum atomic E-state index is -0.139. The van der Waals surface area contributed by atoms with Gasteiger partial charge in [0.05, 0.1) is 16.8 Å². The molecule has 0 aliphatic rings. The van der Waals surface area contributed by atoms with E-state index in [1.54, 1.807) is 0 Å². The van der Waals surface area contributed by atoms with Gasteiger partial charge in [0.25, 0.3) is 5.91 Å². The highest BCUT2D eigenvalue weighted by atomic mass is 16.1. The predicted molar refractivity (Wildman–Crippen MR) is 129 cm³/mol. The maximum Gasteiger partial charge on any atom is 0.256 e. The standard InChI is InChI=1S/C28H22N2O/c1-18-11-14-23(19(2)15-18)27-17-25(24-9-5-6-10-26(24)30-27)28(31)29-22-13-12-20-7-3-4-8-21(20)16-22/h3-17H,1-2H3,(H,29,31). The molecule has 0 aliphatic carbocycles. The fourth-order valence-electron chi connectivity index (χ4n) is 4.07. The van der Waals surface area contributed by atoms with Crippen molar-refractivity contribution in [2.45, 2.75) is 13.8 Å². The van der Waals surface area contributed by atoms with E-state index in [-0.39, 0.29) is 5.91 Å². The number of rotatable bonds is 3. The van der Waals surface area contributed by atoms with Gasteiger partial charge in [0.2, 0.25) is 0 Å². The van der Waals surface area contributed by atoms with Crippen molar-refractivity contribution in [2.75, 3.05) is 5.32 Å². The first-order valence-corrected chi connectivity index (χ1v) is 10.4. The van der Waals surface area contributed by atoms with Gasteiger partial charge in [0, 0.05) is 16.6 Å². The van der Waals surface area contributed by atoms with Crippen LogP contribution in [0.2, 0.25) is 0 Å². The number of carbonyl (C=O) groups is 1. The third-order valence-electron chi connectivity index (χ3n) is 5.63. The van der Waals surface area contributed by atoms with Crippen molar-refractivity contribution in [3.63, 3.8) is 0 Å². The Labute approximate surface area is 181 Å². The van der Waals surface area contributed by atoms with E-state index in [0.717, 1.165) is 44.2 Å². The molecule has 4 aromatic carbocycles. The zero-order valence-corrected chi connectivity index (χ0v) is 17.5. The molecule has 0 radical (unpaired) electrons. The molecule has 0 bridgehead atoms. The second-order valence-electron chi connectivity index (χ2n) is 7.91. The van der Waals surface area contributed by atoms with E-state index < -0.39 is 0 Å². The predicted octanol–water partition coefficient (Wildman–Crippen LogP) is 6.92. The van der Waals surface area contributed by atoms with Gasteiger partial charge >= 0.3 is 0 Å². The number of fused-ring (bicyclic) bond motifs is 2. The molecule has 150 valence electrons. The van der Waals surface area contributed by atoms with Crippen LogP contribution in [0.25, 0.3) is 32.9 Å². The van der Waals surface area contributed by atoms with Crippen LogP contribution in [0.4, 0.5) is 5.69 Å². The van der Waals surface area contributed by atoms with Crippen molar-refractivity contribution in [1.29, 1.82) is 0 Å². The lowest BCUT2D eigenvalue weighted by Gasteiger charge is -2.13. The van der Waals surface area contributed by atoms with E-state index in [2.05, 4.69) is 43.4 Å². The van der Waals surface area contributed by atoms with Crippen LogP contribution in [0.15, 0.2) is 91.0 Å². The lowest BCUT2D eigenvalue weighted by molar-refractivity contribution is 0.102. The summed E-state index contributed by atoms with van der Waals surface area (Å²) in [4.78, 5) is 18.2. The minimum Gasteiger partial charge on any atom is -0.322 e. The fraction of sp³-hybridized carbons (Fsp3) is 0.0714. The first-order valence-electron chi connectivity index (χ1n) is 10.4. The average Bonchev–Trinajstić information content (AvgIpc) is 2.78. The molecule has 1 aromatic heterocycles. The number of aromatic nitrogens is 1. The van der Waals surface area contributed by atoms with Crippen LogP contribution >= 0.6 is 0 Å². The van der Waals surface area contributed by atoms with E-state index >= 15 is 0 Å². The van der Waals surface area contributed by atoms with Gasteiger partial charge in [0.15, 0.2) is 0 Å². The number of benzene rings is 4. The maximum atomic E-state index is 13.3. The van der Waals surface area contributed by atoms with Crippen molar-refractivity contribution in [2.24, 2.45) is 0 Å². The fourth-order valence-corrected chi connectivity index (χ4v) is 4.07. The Morgan fingerprint density at radius 3 is 2.39 bits per heavy atom. The molecule has 5 rings (SSSR count). The summed E-state index contributed by atoms with van der Waals surface area (Å²) in [6.45, 7) is 4.15. The van der Waals surface area contributed by atoms with Gasteiger partial charge in [-0.25, -0.2) is 4.98 Å². The van der Waals surface area contributed by atoms with Crippen LogP contribution in [-0.4, -0.2) is 10.9 Å². The van der Waals surface area contributed by atoms with Crippen molar-refractivity contribution in [3.8, 4) is 11.3 Å². The highest BCUT2D eigenvalue weighted by molar-refractivity contribution is 6.13. The van der Waals surface area contributed by atoms with Crippen LogP contribution in [0.5, 0.6) is 0 Å². The molecule has 1 amide bonds. The largest absolute Gasteiger partial charge is 0.322 e. The zero-order valence-electron chi connectivity index (χ0n) is 17.5. The molecule has 0 aliphatic heterocycles. The summed E-state index contributed by atoms with van der Waals surface area (Å²) in [6.07, 6.45) is 0. The van der Waals surface area contributed by atoms with Gasteiger partial charge in [-0.3, -0.25) is 4.79 Å². The van der Waals surface area contributed by atoms with Crippen molar-refractivity contribution in [3.05, 3.63) is 108 Å². The Morgan fingerprint density at radius 2 is 1.55 bits per heavy atom. The third kappa shape index (κ3) is 3.66. The van der Waals surface area contributed by atoms with Gasteiger partial charge in [-0.15, -0.1) is 0 Å². The summed E-state index contributed by atoms with van der Waals surface area (Å²) in [7, 11) is 0. The van der Waals surface area contributed by atoms with Crippen molar-refractivity contribution in [1.82, 2.24) is 4.98 Å². The summed E-state index contributed by atoms with van der Waals surface area (Å²) < 4.78 is 0. The highest BCUT2D eigenvalue weighted by Crippen LogP contribution is 2.28. The summed E-state index contributed by atoms with van der Waals surface area (Å²) in [5.74, 6) is -0.139. The number of nitrogens with one attached hydrogen (secondary N) is 1. The molecule has 31 heavy (non-hydrogen) atoms. The molecular weight excluding hydrogens is 380 g/mol. The highest BCUT2D eigenvalue weighted by Gasteiger charge is 2.15. The second-order valence-corrected chi connectivity index (χ2v) is 7.91. The lowest BCUT2D eigenvalue weighted by atomic mass is 9.99. The SMILES string of the molecule is Cc1ccc(-c2cc(C(=O)Nc3ccc4ccccc4c3)c3ccccc3n2)c(C)c1. The molecule has 0 atom stereocenters. The summed E-state index contributed by atoms with van der Waals surface area (Å²) in [5, 5.41) is 6.16. The number of amides is 1. The Hall–Kier alpha value is -3.98. The van der Waals surface area contributed by atoms with E-state index in [0.29, 0.717) is 5.56 Å². The maximum absolute atomic E-state index is 13.3. The number of nitrogens with zero attached hydrogens (tertiary/aromatic N) is 1. The van der Waals surface area contributed by atoms with Crippen LogP contribution in [0.1, 0.15) is 21.5 Å². The van der Waals surface area contributed by atoms with E-state index in [1.165, 1.54) is 5.56 Å². The van der Waals surface area contributed by atoms with Gasteiger partial charge in [-0.2, -0.15) is 0 Å². The number of carbonyl (C=O) groups excluding carboxylic acids is 1. The molecule has 1 N–H and O–H groups in total. The van der Waals surface area contributed by atoms with Crippen molar-refractivity contribution >= 4 is 33.3 Å². The van der Waals surface area contributed by atoms with Crippen LogP contribution in [-0.2, 0) is 0 Å². The molecule has 0 fully saturated rings. The van der Waals surface area contributed by atoms with Crippen LogP contribution < -0.4 is 5.32 Å². The molecule has 3 nitrogen and oxygen atoms in total. The molecule has 0 unspecified atom stereocenters. The van der Waals surface area contributed by atoms with Crippen molar-refractivity contribution < 1.29 is 4.79 Å². The Kier molecular flexibility index (Phi) is 4.72. The number of aryl methyl sites for hydroxylation is 2. The first kappa shape index (κ1) is 19.0. The molecular formula is C28H22N2O. The molecule has 0 saturated heterocycles. The number of para-hydroxylation sites is 1. The lowest BCUT2D eigenvalue weighted by Crippen LogP contribution is -2.13. The van der Waals surface area contributed by atoms with Gasteiger partial charge < -0.3 is 5.32 Å². The smallest absolute Gasteiger partial charge is 0.256 e. The molecule has 0 saturated carbocycles. The van der Waals surface area contributed by atoms with Gasteiger partial charge in [-0.05, 0) is 54.4 Å². The van der Waals surface area contributed by atoms with Gasteiger partial charge in [0.1, 0.15) is 0 Å². The quantitative estimate of drug-likeness (QED) is 0.356. The summed E-state index contributed by atoms with van der Waals surface area (Å²) in [5.41, 5.74) is 6.39. The van der Waals surface area contributed by atoms with Crippen LogP contribution in [0, 0.1) is 13.8 Å². The number of hydrogen-bond donors (Lipinski definition) is 1. The Balaban J connectivity index is 1.59. The minimum absolute atomic E-state index is 0.139. The van der Waals surface area contributed by atoms with Gasteiger partial charge in [-0.1, -0.05) is 72.3 Å². The average molecular weight is 402 g/mol. The normalized spacial score (nSPS) is 11.0. The van der Waals surface area contributed by atoms with E-state index in [9.17, 15) is 4.79 Å². The number of anilines is 1. The second kappa shape index (κ2) is 7.69. The molecule has 5 aromatic rings. The third-order valence-corrected chi connectivity index (χ3v) is 5.63. The first-order chi connectivity index (χ1) is 15.1.